The molecule has 17 rings (SSSR count). The largest absolute Gasteiger partial charge is 0.634 e. The number of fused-ring (bicyclic) bond motifs is 6. The van der Waals surface area contributed by atoms with Gasteiger partial charge in [0.1, 0.15) is 57.5 Å². The molecule has 10 aliphatic heterocycles. The summed E-state index contributed by atoms with van der Waals surface area (Å²) in [6, 6.07) is 29.8. The molecule has 7 aromatic carbocycles. The lowest BCUT2D eigenvalue weighted by Gasteiger charge is -2.46. The van der Waals surface area contributed by atoms with E-state index in [0.29, 0.717) is 57.5 Å². The Balaban J connectivity index is 1.04. The summed E-state index contributed by atoms with van der Waals surface area (Å²) in [6.45, 7) is 0. The molecule has 0 spiro atoms. The zero-order valence-electron chi connectivity index (χ0n) is 29.1. The van der Waals surface area contributed by atoms with Gasteiger partial charge >= 0.3 is 35.6 Å². The van der Waals surface area contributed by atoms with Crippen molar-refractivity contribution in [2.75, 3.05) is 0 Å². The summed E-state index contributed by atoms with van der Waals surface area (Å²) in [5, 5.41) is 0. The van der Waals surface area contributed by atoms with Crippen LogP contribution in [-0.2, 0) is 0 Å². The minimum absolute atomic E-state index is 0.618. The summed E-state index contributed by atoms with van der Waals surface area (Å²) in [4.78, 5) is 0. The van der Waals surface area contributed by atoms with Crippen LogP contribution < -0.4 is 73.9 Å². The van der Waals surface area contributed by atoms with Gasteiger partial charge in [0.25, 0.3) is 0 Å². The Hall–Kier alpha value is -7.14. The third-order valence-electron chi connectivity index (χ3n) is 13.1. The molecule has 0 aliphatic carbocycles. The van der Waals surface area contributed by atoms with Crippen molar-refractivity contribution in [3.05, 3.63) is 91.0 Å². The first kappa shape index (κ1) is 27.4. The van der Waals surface area contributed by atoms with Crippen LogP contribution in [0.15, 0.2) is 91.0 Å². The van der Waals surface area contributed by atoms with Gasteiger partial charge in [-0.3, -0.25) is 0 Å². The highest BCUT2D eigenvalue weighted by atomic mass is 16.6. The van der Waals surface area contributed by atoms with Gasteiger partial charge in [0.05, 0.1) is 11.1 Å². The van der Waals surface area contributed by atoms with E-state index in [-0.39, 0.29) is 0 Å². The highest BCUT2D eigenvalue weighted by Crippen LogP contribution is 2.60. The monoisotopic (exact) mass is 734 g/mol. The number of para-hydroxylation sites is 2. The van der Waals surface area contributed by atoms with Crippen molar-refractivity contribution in [3.63, 3.8) is 0 Å². The van der Waals surface area contributed by atoms with Gasteiger partial charge in [0, 0.05) is 77.9 Å². The van der Waals surface area contributed by atoms with Crippen LogP contribution in [0.1, 0.15) is 0 Å². The van der Waals surface area contributed by atoms with Gasteiger partial charge in [0.15, 0.2) is 0 Å². The van der Waals surface area contributed by atoms with E-state index in [2.05, 4.69) is 12.1 Å². The second-order valence-corrected chi connectivity index (χ2v) is 15.7. The Morgan fingerprint density at radius 3 is 1.04 bits per heavy atom. The van der Waals surface area contributed by atoms with Crippen molar-refractivity contribution in [1.29, 1.82) is 0 Å². The highest BCUT2D eigenvalue weighted by Gasteiger charge is 2.61. The maximum absolute atomic E-state index is 7.35. The standard InChI is InChI=1S/C42H15B5O10/c1-3-9-18-16(7-1)26-36-32-28-20(50-43(36)48-18)11-5-13-22(28)52-45-39(32)34-30-24(54-45)15-25-31-35-40-33-29-21(12-6-14-23(29)53-46(40)55-25)51-44-37(33)27(17-8-2-4-10-19(17)49-44)42(35)57-47(38(30)31)56-41(26)34/h1-15H. The normalized spacial score (nSPS) is 16.6. The van der Waals surface area contributed by atoms with Gasteiger partial charge in [-0.05, 0) is 47.5 Å². The zero-order valence-corrected chi connectivity index (χ0v) is 29.1. The smallest absolute Gasteiger partial charge is 0.521 e. The predicted octanol–water partition coefficient (Wildman–Crippen LogP) is 4.09. The molecule has 0 unspecified atom stereocenters. The average Bonchev–Trinajstić information content (AvgIpc) is 3.24. The molecule has 0 saturated heterocycles. The SMILES string of the molecule is c1ccc2c(c1)OB1Oc3cccc4c3-c3c1c-2c1c2c3B(O4)Oc3cc4c5c(c3-2)B(O1)Oc1c2c3c6c(c1-5)B(Oc1cccc(c1-6)OB3Oc1ccccc1-2)O4. The van der Waals surface area contributed by atoms with Crippen LogP contribution in [-0.4, -0.2) is 35.6 Å². The molecule has 0 N–H and O–H groups in total. The van der Waals surface area contributed by atoms with Crippen molar-refractivity contribution in [2.45, 2.75) is 0 Å². The zero-order chi connectivity index (χ0) is 36.2. The molecular formula is C42H15B5O10. The molecule has 15 heteroatoms. The third kappa shape index (κ3) is 2.83. The van der Waals surface area contributed by atoms with Crippen molar-refractivity contribution < 1.29 is 46.5 Å². The summed E-state index contributed by atoms with van der Waals surface area (Å²) in [7, 11) is -3.86. The van der Waals surface area contributed by atoms with Crippen LogP contribution in [0.3, 0.4) is 0 Å². The van der Waals surface area contributed by atoms with Crippen LogP contribution >= 0.6 is 0 Å². The van der Waals surface area contributed by atoms with E-state index >= 15 is 0 Å². The molecule has 10 nitrogen and oxygen atoms in total. The van der Waals surface area contributed by atoms with E-state index in [1.165, 1.54) is 0 Å². The average molecular weight is 734 g/mol. The van der Waals surface area contributed by atoms with Gasteiger partial charge in [-0.2, -0.15) is 0 Å². The molecule has 0 aromatic heterocycles. The Labute approximate surface area is 323 Å². The number of rotatable bonds is 0. The van der Waals surface area contributed by atoms with Crippen LogP contribution in [0.4, 0.5) is 0 Å². The van der Waals surface area contributed by atoms with Gasteiger partial charge in [-0.15, -0.1) is 0 Å². The van der Waals surface area contributed by atoms with E-state index in [0.717, 1.165) is 94.1 Å². The van der Waals surface area contributed by atoms with Crippen LogP contribution in [0.25, 0.3) is 66.8 Å². The molecule has 7 aromatic rings. The number of hydrogen-bond donors (Lipinski definition) is 0. The minimum atomic E-state index is -0.882. The molecule has 0 radical (unpaired) electrons. The predicted molar refractivity (Wildman–Crippen MR) is 212 cm³/mol. The topological polar surface area (TPSA) is 92.3 Å². The maximum Gasteiger partial charge on any atom is 0.634 e. The first-order valence-corrected chi connectivity index (χ1v) is 19.1. The summed E-state index contributed by atoms with van der Waals surface area (Å²) >= 11 is 0. The Kier molecular flexibility index (Phi) is 4.16. The lowest BCUT2D eigenvalue weighted by molar-refractivity contribution is 0.404. The van der Waals surface area contributed by atoms with E-state index in [9.17, 15) is 0 Å². The molecule has 0 amide bonds. The quantitative estimate of drug-likeness (QED) is 0.213. The Bertz CT molecular complexity index is 3070. The van der Waals surface area contributed by atoms with E-state index in [4.69, 9.17) is 46.5 Å². The van der Waals surface area contributed by atoms with Gasteiger partial charge in [-0.25, -0.2) is 0 Å². The molecule has 0 saturated carbocycles. The van der Waals surface area contributed by atoms with Gasteiger partial charge in [0.2, 0.25) is 0 Å². The molecule has 10 heterocycles. The fourth-order valence-electron chi connectivity index (χ4n) is 11.2. The summed E-state index contributed by atoms with van der Waals surface area (Å²) in [5.41, 5.74) is 15.4. The van der Waals surface area contributed by atoms with Gasteiger partial charge in [-0.1, -0.05) is 48.5 Å². The second-order valence-electron chi connectivity index (χ2n) is 15.7. The molecule has 0 atom stereocenters. The Morgan fingerprint density at radius 2 is 0.579 bits per heavy atom. The maximum atomic E-state index is 7.35. The molecule has 57 heavy (non-hydrogen) atoms. The van der Waals surface area contributed by atoms with Crippen LogP contribution in [0, 0.1) is 0 Å². The molecule has 258 valence electrons. The molecular weight excluding hydrogens is 719 g/mol. The summed E-state index contributed by atoms with van der Waals surface area (Å²) < 4.78 is 68.6. The van der Waals surface area contributed by atoms with Crippen molar-refractivity contribution >= 4 is 62.9 Å². The number of benzene rings is 7. The van der Waals surface area contributed by atoms with Crippen LogP contribution in [0.2, 0.25) is 0 Å². The van der Waals surface area contributed by atoms with Gasteiger partial charge < -0.3 is 46.5 Å². The number of hydrogen-bond acceptors (Lipinski definition) is 10. The fraction of sp³-hybridized carbons (Fsp3) is 0. The van der Waals surface area contributed by atoms with E-state index < -0.39 is 35.6 Å². The summed E-state index contributed by atoms with van der Waals surface area (Å²) in [6.07, 6.45) is 0. The lowest BCUT2D eigenvalue weighted by atomic mass is 9.52. The van der Waals surface area contributed by atoms with E-state index in [1.807, 2.05) is 78.9 Å². The van der Waals surface area contributed by atoms with Crippen LogP contribution in [0.5, 0.6) is 57.5 Å². The van der Waals surface area contributed by atoms with Crippen molar-refractivity contribution in [3.8, 4) is 124 Å². The highest BCUT2D eigenvalue weighted by molar-refractivity contribution is 6.79. The Morgan fingerprint density at radius 1 is 0.246 bits per heavy atom. The second kappa shape index (κ2) is 8.63. The minimum Gasteiger partial charge on any atom is -0.521 e. The molecule has 0 bridgehead atoms. The first-order valence-electron chi connectivity index (χ1n) is 19.1. The van der Waals surface area contributed by atoms with Crippen molar-refractivity contribution in [1.82, 2.24) is 0 Å². The first-order chi connectivity index (χ1) is 28.2. The third-order valence-corrected chi connectivity index (χ3v) is 13.1. The van der Waals surface area contributed by atoms with Crippen molar-refractivity contribution in [2.24, 2.45) is 0 Å². The fourth-order valence-corrected chi connectivity index (χ4v) is 11.2. The lowest BCUT2D eigenvalue weighted by Crippen LogP contribution is -2.62. The van der Waals surface area contributed by atoms with E-state index in [1.54, 1.807) is 0 Å². The molecule has 10 aliphatic rings. The molecule has 0 fully saturated rings. The summed E-state index contributed by atoms with van der Waals surface area (Å²) in [5.74, 6) is 6.74.